The van der Waals surface area contributed by atoms with E-state index in [0.29, 0.717) is 13.1 Å². The highest BCUT2D eigenvalue weighted by molar-refractivity contribution is 5.78. The summed E-state index contributed by atoms with van der Waals surface area (Å²) in [7, 11) is 1.73. The second-order valence-electron chi connectivity index (χ2n) is 7.27. The van der Waals surface area contributed by atoms with Crippen LogP contribution in [0.5, 0.6) is 0 Å². The highest BCUT2D eigenvalue weighted by Gasteiger charge is 2.36. The molecule has 1 aromatic rings. The van der Waals surface area contributed by atoms with Gasteiger partial charge in [-0.25, -0.2) is 0 Å². The van der Waals surface area contributed by atoms with Crippen LogP contribution in [0.3, 0.4) is 0 Å². The van der Waals surface area contributed by atoms with E-state index in [1.165, 1.54) is 25.7 Å². The van der Waals surface area contributed by atoms with Gasteiger partial charge in [0.15, 0.2) is 0 Å². The van der Waals surface area contributed by atoms with Crippen molar-refractivity contribution < 1.29 is 24.0 Å². The molecular weight excluding hydrogens is 350 g/mol. The van der Waals surface area contributed by atoms with Crippen LogP contribution in [-0.4, -0.2) is 78.4 Å². The van der Waals surface area contributed by atoms with E-state index >= 15 is 0 Å². The molecule has 0 unspecified atom stereocenters. The van der Waals surface area contributed by atoms with E-state index in [1.807, 2.05) is 17.9 Å². The average molecular weight is 381 g/mol. The Morgan fingerprint density at radius 1 is 1.33 bits per heavy atom. The number of rotatable bonds is 5. The minimum Gasteiger partial charge on any atom is -0.483 e. The highest BCUT2D eigenvalue weighted by atomic mass is 16.5. The smallest absolute Gasteiger partial charge is 0.290 e. The first kappa shape index (κ1) is 21.4. The number of carbonyl (C=O) groups excluding carboxylic acids is 1. The van der Waals surface area contributed by atoms with Crippen LogP contribution in [0.15, 0.2) is 10.6 Å². The van der Waals surface area contributed by atoms with Crippen molar-refractivity contribution in [3.8, 4) is 0 Å². The van der Waals surface area contributed by atoms with E-state index in [1.54, 1.807) is 7.11 Å². The van der Waals surface area contributed by atoms with E-state index in [0.717, 1.165) is 37.5 Å². The first-order valence-electron chi connectivity index (χ1n) is 9.60. The normalized spacial score (nSPS) is 23.4. The number of nitrogens with zero attached hydrogens (tertiary/aromatic N) is 3. The third-order valence-corrected chi connectivity index (χ3v) is 5.23. The number of carbonyl (C=O) groups is 2. The van der Waals surface area contributed by atoms with Gasteiger partial charge in [0.25, 0.3) is 6.47 Å². The van der Waals surface area contributed by atoms with Crippen molar-refractivity contribution in [1.82, 2.24) is 15.0 Å². The zero-order chi connectivity index (χ0) is 19.6. The Labute approximate surface area is 160 Å². The zero-order valence-corrected chi connectivity index (χ0v) is 16.3. The van der Waals surface area contributed by atoms with Crippen molar-refractivity contribution >= 4 is 12.4 Å². The second-order valence-corrected chi connectivity index (χ2v) is 7.27. The van der Waals surface area contributed by atoms with E-state index in [2.05, 4.69) is 10.1 Å². The summed E-state index contributed by atoms with van der Waals surface area (Å²) in [5.74, 6) is 1.38. The fraction of sp³-hybridized carbons (Fsp3) is 0.737. The molecule has 2 fully saturated rings. The molecule has 2 saturated heterocycles. The minimum absolute atomic E-state index is 0.0727. The fourth-order valence-electron chi connectivity index (χ4n) is 3.86. The molecule has 2 aliphatic heterocycles. The third kappa shape index (κ3) is 6.62. The molecule has 2 aliphatic rings. The van der Waals surface area contributed by atoms with Crippen LogP contribution in [0, 0.1) is 12.8 Å². The molecular formula is C19H31N3O5. The lowest BCUT2D eigenvalue weighted by Gasteiger charge is -2.23. The van der Waals surface area contributed by atoms with Crippen LogP contribution in [0.25, 0.3) is 0 Å². The summed E-state index contributed by atoms with van der Waals surface area (Å²) in [6, 6.07) is 1.97. The monoisotopic (exact) mass is 381 g/mol. The number of methoxy groups -OCH3 is 1. The average Bonchev–Trinajstić information content (AvgIpc) is 3.15. The Hall–Kier alpha value is -1.93. The van der Waals surface area contributed by atoms with Crippen molar-refractivity contribution in [1.29, 1.82) is 0 Å². The van der Waals surface area contributed by atoms with E-state index in [4.69, 9.17) is 19.2 Å². The molecule has 0 spiro atoms. The van der Waals surface area contributed by atoms with Gasteiger partial charge in [0, 0.05) is 38.6 Å². The summed E-state index contributed by atoms with van der Waals surface area (Å²) in [5, 5.41) is 10.8. The van der Waals surface area contributed by atoms with Crippen LogP contribution >= 0.6 is 0 Å². The molecule has 27 heavy (non-hydrogen) atoms. The summed E-state index contributed by atoms with van der Waals surface area (Å²) in [6.07, 6.45) is 5.84. The number of hydrogen-bond acceptors (Lipinski definition) is 6. The molecule has 0 radical (unpaired) electrons. The Kier molecular flexibility index (Phi) is 8.74. The molecule has 3 rings (SSSR count). The molecule has 152 valence electrons. The van der Waals surface area contributed by atoms with E-state index in [-0.39, 0.29) is 24.4 Å². The lowest BCUT2D eigenvalue weighted by molar-refractivity contribution is -0.131. The third-order valence-electron chi connectivity index (χ3n) is 5.23. The van der Waals surface area contributed by atoms with E-state index < -0.39 is 0 Å². The predicted octanol–water partition coefficient (Wildman–Crippen LogP) is 1.58. The van der Waals surface area contributed by atoms with E-state index in [9.17, 15) is 4.79 Å². The minimum atomic E-state index is -0.250. The molecule has 0 saturated carbocycles. The highest BCUT2D eigenvalue weighted by Crippen LogP contribution is 2.24. The maximum atomic E-state index is 12.7. The van der Waals surface area contributed by atoms with Gasteiger partial charge >= 0.3 is 0 Å². The number of amides is 1. The van der Waals surface area contributed by atoms with Gasteiger partial charge in [0.2, 0.25) is 5.91 Å². The van der Waals surface area contributed by atoms with Crippen LogP contribution in [-0.2, 0) is 20.7 Å². The number of ether oxygens (including phenoxy) is 1. The summed E-state index contributed by atoms with van der Waals surface area (Å²) in [6.45, 7) is 5.74. The fourth-order valence-corrected chi connectivity index (χ4v) is 3.86. The van der Waals surface area contributed by atoms with Gasteiger partial charge in [-0.1, -0.05) is 18.0 Å². The SMILES string of the molecule is CO[C@H]1CN(C(=O)CN2CCCCCC2)C[C@H]1Cc1cc(C)no1.O=CO. The molecule has 8 nitrogen and oxygen atoms in total. The van der Waals surface area contributed by atoms with Gasteiger partial charge in [0.05, 0.1) is 18.3 Å². The van der Waals surface area contributed by atoms with Crippen LogP contribution < -0.4 is 0 Å². The summed E-state index contributed by atoms with van der Waals surface area (Å²) in [5.41, 5.74) is 0.894. The molecule has 1 amide bonds. The van der Waals surface area contributed by atoms with Gasteiger partial charge in [-0.05, 0) is 32.9 Å². The number of aryl methyl sites for hydroxylation is 1. The number of carboxylic acid groups (broad SMARTS) is 1. The Morgan fingerprint density at radius 3 is 2.56 bits per heavy atom. The summed E-state index contributed by atoms with van der Waals surface area (Å²) in [4.78, 5) is 25.3. The van der Waals surface area contributed by atoms with Crippen LogP contribution in [0.1, 0.15) is 37.1 Å². The Bertz CT molecular complexity index is 584. The number of hydrogen-bond donors (Lipinski definition) is 1. The van der Waals surface area contributed by atoms with Gasteiger partial charge in [-0.2, -0.15) is 0 Å². The van der Waals surface area contributed by atoms with Gasteiger partial charge < -0.3 is 19.3 Å². The van der Waals surface area contributed by atoms with Crippen molar-refractivity contribution in [2.45, 2.75) is 45.1 Å². The molecule has 2 atom stereocenters. The van der Waals surface area contributed by atoms with Crippen molar-refractivity contribution in [3.63, 3.8) is 0 Å². The maximum Gasteiger partial charge on any atom is 0.290 e. The number of aromatic nitrogens is 1. The summed E-state index contributed by atoms with van der Waals surface area (Å²) < 4.78 is 11.0. The van der Waals surface area contributed by atoms with Gasteiger partial charge in [0.1, 0.15) is 5.76 Å². The largest absolute Gasteiger partial charge is 0.483 e. The van der Waals surface area contributed by atoms with Gasteiger partial charge in [-0.15, -0.1) is 0 Å². The lowest BCUT2D eigenvalue weighted by atomic mass is 10.0. The Balaban J connectivity index is 0.000000817. The molecule has 0 aromatic carbocycles. The molecule has 3 heterocycles. The predicted molar refractivity (Wildman–Crippen MR) is 99.4 cm³/mol. The quantitative estimate of drug-likeness (QED) is 0.774. The molecule has 0 bridgehead atoms. The number of likely N-dealkylation sites (tertiary alicyclic amines) is 2. The molecule has 1 N–H and O–H groups in total. The first-order valence-corrected chi connectivity index (χ1v) is 9.60. The van der Waals surface area contributed by atoms with Crippen LogP contribution in [0.2, 0.25) is 0 Å². The standard InChI is InChI=1S/C18H29N3O3.CH2O2/c1-14-9-16(24-19-14)10-15-11-21(12-17(15)23-2)18(22)13-20-7-5-3-4-6-8-20;2-1-3/h9,15,17H,3-8,10-13H2,1-2H3;1H,(H,2,3)/t15-,17+;/m1./s1. The molecule has 1 aromatic heterocycles. The topological polar surface area (TPSA) is 96.1 Å². The van der Waals surface area contributed by atoms with Gasteiger partial charge in [-0.3, -0.25) is 14.5 Å². The molecule has 0 aliphatic carbocycles. The second kappa shape index (κ2) is 11.0. The lowest BCUT2D eigenvalue weighted by Crippen LogP contribution is -2.40. The maximum absolute atomic E-state index is 12.7. The zero-order valence-electron chi connectivity index (χ0n) is 16.3. The first-order chi connectivity index (χ1) is 13.1. The van der Waals surface area contributed by atoms with Crippen molar-refractivity contribution in [2.24, 2.45) is 5.92 Å². The van der Waals surface area contributed by atoms with Crippen LogP contribution in [0.4, 0.5) is 0 Å². The Morgan fingerprint density at radius 2 is 2.00 bits per heavy atom. The van der Waals surface area contributed by atoms with Crippen molar-refractivity contribution in [3.05, 3.63) is 17.5 Å². The van der Waals surface area contributed by atoms with Crippen molar-refractivity contribution in [2.75, 3.05) is 39.8 Å². The molecule has 8 heteroatoms. The summed E-state index contributed by atoms with van der Waals surface area (Å²) >= 11 is 0.